The molecular weight excluding hydrogens is 571 g/mol. The topological polar surface area (TPSA) is 85.8 Å². The van der Waals surface area contributed by atoms with Crippen molar-refractivity contribution in [1.82, 2.24) is 15.0 Å². The van der Waals surface area contributed by atoms with Gasteiger partial charge in [-0.15, -0.1) is 24.8 Å². The molecule has 1 N–H and O–H groups in total. The maximum absolute atomic E-state index is 9.78. The van der Waals surface area contributed by atoms with E-state index in [2.05, 4.69) is 33.2 Å². The number of benzene rings is 2. The number of nitriles is 1. The Bertz CT molecular complexity index is 1280. The highest BCUT2D eigenvalue weighted by molar-refractivity contribution is 5.86. The summed E-state index contributed by atoms with van der Waals surface area (Å²) in [6.45, 7) is 4.99. The monoisotopic (exact) mass is 616 g/mol. The highest BCUT2D eigenvalue weighted by Gasteiger charge is 2.28. The summed E-state index contributed by atoms with van der Waals surface area (Å²) in [4.78, 5) is 4.77. The van der Waals surface area contributed by atoms with Crippen molar-refractivity contribution in [1.29, 1.82) is 5.26 Å². The van der Waals surface area contributed by atoms with Gasteiger partial charge in [0.15, 0.2) is 5.58 Å². The van der Waals surface area contributed by atoms with Crippen molar-refractivity contribution in [3.8, 4) is 11.8 Å². The van der Waals surface area contributed by atoms with Crippen molar-refractivity contribution in [2.45, 2.75) is 64.5 Å². The van der Waals surface area contributed by atoms with Gasteiger partial charge in [0.05, 0.1) is 22.9 Å². The van der Waals surface area contributed by atoms with Crippen LogP contribution in [0.5, 0.6) is 5.75 Å². The third-order valence-electron chi connectivity index (χ3n) is 9.02. The fraction of sp³-hybridized carbons (Fsp3) is 0.576. The number of aryl methyl sites for hydroxylation is 1. The number of aliphatic hydroxyl groups is 1. The van der Waals surface area contributed by atoms with Crippen LogP contribution in [0.4, 0.5) is 0 Å². The lowest BCUT2D eigenvalue weighted by molar-refractivity contribution is 0.0826. The van der Waals surface area contributed by atoms with Crippen LogP contribution in [0.2, 0.25) is 0 Å². The summed E-state index contributed by atoms with van der Waals surface area (Å²) >= 11 is 0. The molecule has 2 heterocycles. The van der Waals surface area contributed by atoms with E-state index in [1.807, 2.05) is 38.4 Å². The summed E-state index contributed by atoms with van der Waals surface area (Å²) in [5.41, 5.74) is 4.55. The smallest absolute Gasteiger partial charge is 0.175 e. The number of halogens is 2. The molecule has 0 radical (unpaired) electrons. The van der Waals surface area contributed by atoms with Crippen LogP contribution in [0, 0.1) is 29.1 Å². The molecule has 0 amide bonds. The lowest BCUT2D eigenvalue weighted by Gasteiger charge is -2.38. The van der Waals surface area contributed by atoms with E-state index in [1.165, 1.54) is 51.6 Å². The molecule has 42 heavy (non-hydrogen) atoms. The number of likely N-dealkylation sites (tertiary alicyclic amines) is 1. The van der Waals surface area contributed by atoms with Crippen LogP contribution in [0.25, 0.3) is 11.0 Å². The standard InChI is InChI=1S/C33H44N4O3.2ClH/c1-36(2)21-30-32(39-23-26-9-7-25(19-34)8-10-26)14-12-29-31(35-40-33(29)30)13-11-24-15-17-37(18-16-24)20-27-5-3-4-6-28(27)22-38;;/h7-10,12,14,24,27-28,38H,3-6,11,13,15-18,20-23H2,1-2H3;2*1H/t27-,28+;;/m0../s1. The molecule has 5 rings (SSSR count). The van der Waals surface area contributed by atoms with Crippen LogP contribution < -0.4 is 4.74 Å². The second kappa shape index (κ2) is 16.5. The third-order valence-corrected chi connectivity index (χ3v) is 9.02. The molecule has 2 aromatic carbocycles. The van der Waals surface area contributed by atoms with Crippen molar-refractivity contribution in [3.05, 3.63) is 58.8 Å². The van der Waals surface area contributed by atoms with Crippen molar-refractivity contribution >= 4 is 35.8 Å². The van der Waals surface area contributed by atoms with Crippen molar-refractivity contribution < 1.29 is 14.4 Å². The van der Waals surface area contributed by atoms with Gasteiger partial charge in [-0.3, -0.25) is 0 Å². The molecule has 230 valence electrons. The number of fused-ring (bicyclic) bond motifs is 1. The molecule has 1 aliphatic heterocycles. The Morgan fingerprint density at radius 1 is 1.02 bits per heavy atom. The Morgan fingerprint density at radius 3 is 2.40 bits per heavy atom. The lowest BCUT2D eigenvalue weighted by Crippen LogP contribution is -2.40. The molecule has 2 aliphatic rings. The van der Waals surface area contributed by atoms with E-state index in [9.17, 15) is 5.11 Å². The fourth-order valence-electron chi connectivity index (χ4n) is 6.60. The van der Waals surface area contributed by atoms with Crippen LogP contribution in [-0.4, -0.2) is 60.4 Å². The summed E-state index contributed by atoms with van der Waals surface area (Å²) in [5.74, 6) is 2.71. The molecule has 2 atom stereocenters. The number of hydrogen-bond acceptors (Lipinski definition) is 7. The van der Waals surface area contributed by atoms with E-state index in [1.54, 1.807) is 0 Å². The maximum atomic E-state index is 9.78. The molecule has 3 aromatic rings. The summed E-state index contributed by atoms with van der Waals surface area (Å²) in [5, 5.41) is 24.4. The number of aliphatic hydroxyl groups excluding tert-OH is 1. The van der Waals surface area contributed by atoms with Gasteiger partial charge in [0.1, 0.15) is 12.4 Å². The zero-order valence-electron chi connectivity index (χ0n) is 25.0. The van der Waals surface area contributed by atoms with Gasteiger partial charge in [0, 0.05) is 25.1 Å². The zero-order chi connectivity index (χ0) is 27.9. The number of rotatable bonds is 11. The van der Waals surface area contributed by atoms with E-state index < -0.39 is 0 Å². The van der Waals surface area contributed by atoms with Gasteiger partial charge >= 0.3 is 0 Å². The van der Waals surface area contributed by atoms with Gasteiger partial charge in [-0.05, 0) is 113 Å². The second-order valence-corrected chi connectivity index (χ2v) is 12.2. The SMILES string of the molecule is CN(C)Cc1c(OCc2ccc(C#N)cc2)ccc2c(CCC3CCN(C[C@@H]4CCCC[C@@H]4CO)CC3)noc12.Cl.Cl. The molecule has 1 aromatic heterocycles. The zero-order valence-corrected chi connectivity index (χ0v) is 26.6. The Balaban J connectivity index is 0.00000242. The molecule has 1 saturated heterocycles. The molecular formula is C33H46Cl2N4O3. The van der Waals surface area contributed by atoms with Gasteiger partial charge < -0.3 is 24.2 Å². The minimum atomic E-state index is 0. The van der Waals surface area contributed by atoms with E-state index >= 15 is 0 Å². The molecule has 1 aliphatic carbocycles. The van der Waals surface area contributed by atoms with Crippen molar-refractivity contribution in [2.24, 2.45) is 17.8 Å². The van der Waals surface area contributed by atoms with Crippen molar-refractivity contribution in [3.63, 3.8) is 0 Å². The minimum absolute atomic E-state index is 0. The Kier molecular flexibility index (Phi) is 13.4. The first-order chi connectivity index (χ1) is 19.5. The molecule has 1 saturated carbocycles. The quantitative estimate of drug-likeness (QED) is 0.259. The molecule has 2 fully saturated rings. The van der Waals surface area contributed by atoms with Crippen LogP contribution in [0.1, 0.15) is 67.3 Å². The Labute approximate surface area is 263 Å². The van der Waals surface area contributed by atoms with Gasteiger partial charge in [-0.2, -0.15) is 5.26 Å². The number of nitrogens with zero attached hydrogens (tertiary/aromatic N) is 4. The first kappa shape index (κ1) is 34.2. The Hall–Kier alpha value is -2.34. The van der Waals surface area contributed by atoms with Gasteiger partial charge in [-0.1, -0.05) is 30.1 Å². The van der Waals surface area contributed by atoms with Crippen LogP contribution in [0.3, 0.4) is 0 Å². The van der Waals surface area contributed by atoms with Gasteiger partial charge in [0.2, 0.25) is 0 Å². The lowest BCUT2D eigenvalue weighted by atomic mass is 9.79. The van der Waals surface area contributed by atoms with Crippen molar-refractivity contribution in [2.75, 3.05) is 40.3 Å². The van der Waals surface area contributed by atoms with Gasteiger partial charge in [-0.25, -0.2) is 0 Å². The maximum Gasteiger partial charge on any atom is 0.175 e. The largest absolute Gasteiger partial charge is 0.488 e. The van der Waals surface area contributed by atoms with E-state index in [0.29, 0.717) is 37.2 Å². The van der Waals surface area contributed by atoms with E-state index in [0.717, 1.165) is 58.8 Å². The first-order valence-electron chi connectivity index (χ1n) is 15.0. The first-order valence-corrected chi connectivity index (χ1v) is 15.0. The summed E-state index contributed by atoms with van der Waals surface area (Å²) < 4.78 is 12.2. The third kappa shape index (κ3) is 8.61. The number of piperidine rings is 1. The fourth-order valence-corrected chi connectivity index (χ4v) is 6.60. The Morgan fingerprint density at radius 2 is 1.74 bits per heavy atom. The average molecular weight is 618 g/mol. The average Bonchev–Trinajstić information content (AvgIpc) is 3.40. The summed E-state index contributed by atoms with van der Waals surface area (Å²) in [7, 11) is 4.09. The highest BCUT2D eigenvalue weighted by Crippen LogP contribution is 2.34. The molecule has 0 bridgehead atoms. The highest BCUT2D eigenvalue weighted by atomic mass is 35.5. The van der Waals surface area contributed by atoms with E-state index in [4.69, 9.17) is 14.5 Å². The molecule has 9 heteroatoms. The predicted molar refractivity (Wildman–Crippen MR) is 171 cm³/mol. The normalized spacial score (nSPS) is 19.7. The number of hydrogen-bond donors (Lipinski definition) is 1. The second-order valence-electron chi connectivity index (χ2n) is 12.2. The van der Waals surface area contributed by atoms with Crippen LogP contribution in [-0.2, 0) is 19.6 Å². The molecule has 7 nitrogen and oxygen atoms in total. The van der Waals surface area contributed by atoms with Crippen LogP contribution >= 0.6 is 24.8 Å². The minimum Gasteiger partial charge on any atom is -0.488 e. The number of aromatic nitrogens is 1. The van der Waals surface area contributed by atoms with Gasteiger partial charge in [0.25, 0.3) is 0 Å². The van der Waals surface area contributed by atoms with E-state index in [-0.39, 0.29) is 24.8 Å². The summed E-state index contributed by atoms with van der Waals surface area (Å²) in [6.07, 6.45) is 9.63. The predicted octanol–water partition coefficient (Wildman–Crippen LogP) is 6.63. The summed E-state index contributed by atoms with van der Waals surface area (Å²) in [6, 6.07) is 13.8. The molecule has 0 spiro atoms. The number of ether oxygens (including phenoxy) is 1. The molecule has 0 unspecified atom stereocenters. The van der Waals surface area contributed by atoms with Crippen LogP contribution in [0.15, 0.2) is 40.9 Å².